The lowest BCUT2D eigenvalue weighted by Crippen LogP contribution is -2.13. The predicted molar refractivity (Wildman–Crippen MR) is 96.4 cm³/mol. The van der Waals surface area contributed by atoms with E-state index in [0.717, 1.165) is 9.32 Å². The fourth-order valence-electron chi connectivity index (χ4n) is 1.69. The highest BCUT2D eigenvalue weighted by Crippen LogP contribution is 2.21. The smallest absolute Gasteiger partial charge is 0.271 e. The van der Waals surface area contributed by atoms with Gasteiger partial charge in [-0.1, -0.05) is 0 Å². The van der Waals surface area contributed by atoms with Crippen molar-refractivity contribution in [3.63, 3.8) is 0 Å². The molecule has 0 aromatic heterocycles. The number of benzene rings is 2. The Labute approximate surface area is 147 Å². The van der Waals surface area contributed by atoms with Crippen molar-refractivity contribution >= 4 is 52.2 Å². The molecule has 0 atom stereocenters. The highest BCUT2D eigenvalue weighted by atomic mass is 127. The van der Waals surface area contributed by atoms with Gasteiger partial charge in [-0.2, -0.15) is 0 Å². The van der Waals surface area contributed by atoms with Gasteiger partial charge in [-0.3, -0.25) is 10.1 Å². The van der Waals surface area contributed by atoms with Gasteiger partial charge in [0.1, 0.15) is 11.6 Å². The van der Waals surface area contributed by atoms with Crippen molar-refractivity contribution in [3.05, 3.63) is 61.7 Å². The zero-order valence-corrected chi connectivity index (χ0v) is 14.5. The number of rotatable bonds is 4. The van der Waals surface area contributed by atoms with Crippen LogP contribution in [0.3, 0.4) is 0 Å². The minimum absolute atomic E-state index is 0. The molecule has 2 aromatic carbocycles. The van der Waals surface area contributed by atoms with Crippen LogP contribution in [-0.4, -0.2) is 17.9 Å². The highest BCUT2D eigenvalue weighted by Gasteiger charge is 2.10. The summed E-state index contributed by atoms with van der Waals surface area (Å²) >= 11 is 2.01. The second-order valence-corrected chi connectivity index (χ2v) is 5.40. The third-order valence-electron chi connectivity index (χ3n) is 2.71. The maximum atomic E-state index is 10.9. The van der Waals surface area contributed by atoms with Gasteiger partial charge in [0.25, 0.3) is 5.69 Å². The van der Waals surface area contributed by atoms with Crippen LogP contribution in [0.4, 0.5) is 11.4 Å². The number of methoxy groups -OCH3 is 1. The number of non-ortho nitro benzene ring substituents is 1. The van der Waals surface area contributed by atoms with Gasteiger partial charge in [0.2, 0.25) is 0 Å². The molecule has 2 aromatic rings. The van der Waals surface area contributed by atoms with E-state index in [1.807, 2.05) is 22.6 Å². The van der Waals surface area contributed by atoms with E-state index in [0.29, 0.717) is 11.3 Å². The zero-order valence-electron chi connectivity index (χ0n) is 11.5. The summed E-state index contributed by atoms with van der Waals surface area (Å²) in [6, 6.07) is 11.7. The Bertz CT molecular complexity index is 705. The summed E-state index contributed by atoms with van der Waals surface area (Å²) in [5, 5.41) is 10.9. The molecule has 0 aliphatic rings. The van der Waals surface area contributed by atoms with Crippen molar-refractivity contribution in [2.45, 2.75) is 0 Å². The average molecular weight is 434 g/mol. The molecule has 22 heavy (non-hydrogen) atoms. The molecule has 8 heteroatoms. The van der Waals surface area contributed by atoms with Gasteiger partial charge in [-0.05, 0) is 52.9 Å². The van der Waals surface area contributed by atoms with Gasteiger partial charge in [0.15, 0.2) is 0 Å². The number of hydrogen-bond acceptors (Lipinski definition) is 4. The largest absolute Gasteiger partial charge is 0.497 e. The maximum Gasteiger partial charge on any atom is 0.271 e. The predicted octanol–water partition coefficient (Wildman–Crippen LogP) is 3.67. The first-order valence-corrected chi connectivity index (χ1v) is 7.01. The standard InChI is InChI=1S/C14H12IN3O3.ClH/c1-21-13-4-2-11(3-5-13)17-14(16)9-6-10(15)8-12(7-9)18(19)20;/h2-8H,1H3,(H2,16,17);1H. The van der Waals surface area contributed by atoms with Crippen LogP contribution in [0.5, 0.6) is 5.75 Å². The molecule has 0 aliphatic heterocycles. The van der Waals surface area contributed by atoms with Crippen molar-refractivity contribution in [3.8, 4) is 5.75 Å². The molecular weight excluding hydrogens is 421 g/mol. The summed E-state index contributed by atoms with van der Waals surface area (Å²) in [5.41, 5.74) is 7.08. The molecule has 6 nitrogen and oxygen atoms in total. The normalized spacial score (nSPS) is 10.7. The first-order valence-electron chi connectivity index (χ1n) is 5.93. The number of aliphatic imine (C=N–C) groups is 1. The molecule has 0 unspecified atom stereocenters. The number of nitro benzene ring substituents is 1. The topological polar surface area (TPSA) is 90.8 Å². The van der Waals surface area contributed by atoms with Gasteiger partial charge in [0, 0.05) is 21.3 Å². The van der Waals surface area contributed by atoms with Crippen LogP contribution in [0.2, 0.25) is 0 Å². The van der Waals surface area contributed by atoms with Crippen LogP contribution in [0, 0.1) is 13.7 Å². The molecule has 0 heterocycles. The molecular formula is C14H13ClIN3O3. The third kappa shape index (κ3) is 4.57. The number of hydrogen-bond donors (Lipinski definition) is 1. The van der Waals surface area contributed by atoms with Crippen LogP contribution in [0.25, 0.3) is 0 Å². The van der Waals surface area contributed by atoms with Crippen LogP contribution < -0.4 is 10.5 Å². The van der Waals surface area contributed by atoms with Gasteiger partial charge < -0.3 is 10.5 Å². The minimum Gasteiger partial charge on any atom is -0.497 e. The molecule has 2 N–H and O–H groups in total. The van der Waals surface area contributed by atoms with Crippen LogP contribution in [-0.2, 0) is 0 Å². The fraction of sp³-hybridized carbons (Fsp3) is 0.0714. The van der Waals surface area contributed by atoms with E-state index >= 15 is 0 Å². The molecule has 2 rings (SSSR count). The summed E-state index contributed by atoms with van der Waals surface area (Å²) < 4.78 is 5.79. The molecule has 0 amide bonds. The Morgan fingerprint density at radius 1 is 1.27 bits per heavy atom. The van der Waals surface area contributed by atoms with Gasteiger partial charge in [-0.15, -0.1) is 12.4 Å². The molecule has 0 spiro atoms. The number of nitrogens with zero attached hydrogens (tertiary/aromatic N) is 2. The van der Waals surface area contributed by atoms with E-state index in [9.17, 15) is 10.1 Å². The Balaban J connectivity index is 0.00000242. The first-order chi connectivity index (χ1) is 9.99. The Morgan fingerprint density at radius 2 is 1.91 bits per heavy atom. The van der Waals surface area contributed by atoms with E-state index in [2.05, 4.69) is 4.99 Å². The molecule has 0 saturated heterocycles. The molecule has 116 valence electrons. The number of nitrogens with two attached hydrogens (primary N) is 1. The first kappa shape index (κ1) is 18.2. The van der Waals surface area contributed by atoms with Crippen LogP contribution in [0.15, 0.2) is 47.5 Å². The lowest BCUT2D eigenvalue weighted by Gasteiger charge is -2.03. The maximum absolute atomic E-state index is 10.9. The molecule has 0 bridgehead atoms. The summed E-state index contributed by atoms with van der Waals surface area (Å²) in [7, 11) is 1.58. The van der Waals surface area contributed by atoms with Crippen molar-refractivity contribution in [1.29, 1.82) is 0 Å². The molecule has 0 radical (unpaired) electrons. The highest BCUT2D eigenvalue weighted by molar-refractivity contribution is 14.1. The van der Waals surface area contributed by atoms with Gasteiger partial charge in [-0.25, -0.2) is 4.99 Å². The Morgan fingerprint density at radius 3 is 2.45 bits per heavy atom. The Kier molecular flexibility index (Phi) is 6.57. The minimum atomic E-state index is -0.452. The number of nitro groups is 1. The SMILES string of the molecule is COc1ccc(N=C(N)c2cc(I)cc([N+](=O)[O-])c2)cc1.Cl. The number of ether oxygens (including phenoxy) is 1. The zero-order chi connectivity index (χ0) is 15.4. The van der Waals surface area contributed by atoms with E-state index in [-0.39, 0.29) is 23.9 Å². The summed E-state index contributed by atoms with van der Waals surface area (Å²) in [6.45, 7) is 0. The second kappa shape index (κ2) is 7.95. The average Bonchev–Trinajstić information content (AvgIpc) is 2.47. The summed E-state index contributed by atoms with van der Waals surface area (Å²) in [4.78, 5) is 14.7. The monoisotopic (exact) mass is 433 g/mol. The summed E-state index contributed by atoms with van der Waals surface area (Å²) in [6.07, 6.45) is 0. The van der Waals surface area contributed by atoms with Crippen molar-refractivity contribution in [2.75, 3.05) is 7.11 Å². The van der Waals surface area contributed by atoms with Gasteiger partial charge >= 0.3 is 0 Å². The molecule has 0 fully saturated rings. The van der Waals surface area contributed by atoms with Crippen molar-refractivity contribution in [1.82, 2.24) is 0 Å². The van der Waals surface area contributed by atoms with Crippen molar-refractivity contribution in [2.24, 2.45) is 10.7 Å². The molecule has 0 aliphatic carbocycles. The van der Waals surface area contributed by atoms with Gasteiger partial charge in [0.05, 0.1) is 17.7 Å². The lowest BCUT2D eigenvalue weighted by atomic mass is 10.2. The van der Waals surface area contributed by atoms with Crippen LogP contribution >= 0.6 is 35.0 Å². The van der Waals surface area contributed by atoms with E-state index in [1.165, 1.54) is 12.1 Å². The fourth-order valence-corrected chi connectivity index (χ4v) is 2.34. The van der Waals surface area contributed by atoms with Crippen LogP contribution in [0.1, 0.15) is 5.56 Å². The van der Waals surface area contributed by atoms with E-state index in [1.54, 1.807) is 37.4 Å². The van der Waals surface area contributed by atoms with E-state index in [4.69, 9.17) is 10.5 Å². The lowest BCUT2D eigenvalue weighted by molar-refractivity contribution is -0.385. The number of amidine groups is 1. The van der Waals surface area contributed by atoms with Crippen molar-refractivity contribution < 1.29 is 9.66 Å². The quantitative estimate of drug-likeness (QED) is 0.262. The summed E-state index contributed by atoms with van der Waals surface area (Å²) in [5.74, 6) is 0.944. The number of halogens is 2. The van der Waals surface area contributed by atoms with E-state index < -0.39 is 4.92 Å². The third-order valence-corrected chi connectivity index (χ3v) is 3.33. The Hall–Kier alpha value is -1.87. The molecule has 0 saturated carbocycles. The second-order valence-electron chi connectivity index (χ2n) is 4.15.